The molecule has 0 bridgehead atoms. The predicted octanol–water partition coefficient (Wildman–Crippen LogP) is 0.309. The van der Waals surface area contributed by atoms with Gasteiger partial charge in [0.15, 0.2) is 0 Å². The summed E-state index contributed by atoms with van der Waals surface area (Å²) >= 11 is 0. The topological polar surface area (TPSA) is 112 Å². The minimum absolute atomic E-state index is 0.107. The number of halogens is 1. The molecular formula is C14H12FNO6. The molecule has 22 heavy (non-hydrogen) atoms. The van der Waals surface area contributed by atoms with Gasteiger partial charge in [0.1, 0.15) is 17.7 Å². The van der Waals surface area contributed by atoms with E-state index >= 15 is 0 Å². The van der Waals surface area contributed by atoms with Crippen molar-refractivity contribution in [3.8, 4) is 0 Å². The number of piperidine rings is 1. The molecule has 1 aromatic rings. The molecule has 0 aliphatic carbocycles. The molecule has 0 radical (unpaired) electrons. The summed E-state index contributed by atoms with van der Waals surface area (Å²) in [6.45, 7) is 0. The van der Waals surface area contributed by atoms with Crippen LogP contribution in [-0.2, 0) is 19.2 Å². The molecule has 1 heterocycles. The monoisotopic (exact) mass is 309 g/mol. The molecule has 1 fully saturated rings. The summed E-state index contributed by atoms with van der Waals surface area (Å²) in [7, 11) is 1.04. The fourth-order valence-electron chi connectivity index (χ4n) is 2.61. The van der Waals surface area contributed by atoms with E-state index in [0.717, 1.165) is 19.2 Å². The van der Waals surface area contributed by atoms with Gasteiger partial charge in [0.2, 0.25) is 11.8 Å². The number of rotatable bonds is 3. The molecule has 2 unspecified atom stereocenters. The highest BCUT2D eigenvalue weighted by Crippen LogP contribution is 2.39. The van der Waals surface area contributed by atoms with Crippen molar-refractivity contribution < 1.29 is 33.8 Å². The fraction of sp³-hybridized carbons (Fsp3) is 0.286. The van der Waals surface area contributed by atoms with Gasteiger partial charge in [-0.15, -0.1) is 0 Å². The number of nitrogens with zero attached hydrogens (tertiary/aromatic N) is 1. The van der Waals surface area contributed by atoms with Crippen molar-refractivity contribution in [3.63, 3.8) is 0 Å². The van der Waals surface area contributed by atoms with Crippen LogP contribution in [0.1, 0.15) is 11.5 Å². The van der Waals surface area contributed by atoms with Gasteiger partial charge in [0.25, 0.3) is 0 Å². The molecule has 2 amide bonds. The van der Waals surface area contributed by atoms with Crippen LogP contribution in [0.5, 0.6) is 0 Å². The number of carboxylic acid groups (broad SMARTS) is 2. The Hall–Kier alpha value is -2.77. The van der Waals surface area contributed by atoms with Crippen molar-refractivity contribution in [3.05, 3.63) is 35.6 Å². The molecule has 0 aromatic heterocycles. The lowest BCUT2D eigenvalue weighted by molar-refractivity contribution is -0.167. The van der Waals surface area contributed by atoms with Gasteiger partial charge in [0.05, 0.1) is 0 Å². The second kappa shape index (κ2) is 5.55. The van der Waals surface area contributed by atoms with Gasteiger partial charge in [-0.3, -0.25) is 24.1 Å². The number of hydrogen-bond donors (Lipinski definition) is 2. The van der Waals surface area contributed by atoms with Crippen LogP contribution in [0.2, 0.25) is 0 Å². The molecule has 116 valence electrons. The minimum Gasteiger partial charge on any atom is -0.481 e. The smallest absolute Gasteiger partial charge is 0.316 e. The third-order valence-corrected chi connectivity index (χ3v) is 3.70. The lowest BCUT2D eigenvalue weighted by Crippen LogP contribution is -2.55. The molecule has 1 aliphatic heterocycles. The Bertz CT molecular complexity index is 622. The van der Waals surface area contributed by atoms with E-state index in [1.54, 1.807) is 0 Å². The Kier molecular flexibility index (Phi) is 3.94. The molecule has 7 nitrogen and oxygen atoms in total. The summed E-state index contributed by atoms with van der Waals surface area (Å²) in [5.41, 5.74) is 0.107. The van der Waals surface area contributed by atoms with Crippen LogP contribution in [0.3, 0.4) is 0 Å². The van der Waals surface area contributed by atoms with E-state index in [0.29, 0.717) is 4.90 Å². The summed E-state index contributed by atoms with van der Waals surface area (Å²) in [4.78, 5) is 47.4. The SMILES string of the molecule is CN1C(=O)C(C(=O)O)C(c2ccc(F)cc2)C(C(=O)O)C1=O. The lowest BCUT2D eigenvalue weighted by Gasteiger charge is -2.36. The molecule has 1 aliphatic rings. The van der Waals surface area contributed by atoms with E-state index in [9.17, 15) is 33.8 Å². The maximum Gasteiger partial charge on any atom is 0.316 e. The lowest BCUT2D eigenvalue weighted by atomic mass is 9.72. The van der Waals surface area contributed by atoms with Gasteiger partial charge in [-0.2, -0.15) is 0 Å². The average Bonchev–Trinajstić information content (AvgIpc) is 2.44. The number of carbonyl (C=O) groups is 4. The predicted molar refractivity (Wildman–Crippen MR) is 69.2 cm³/mol. The van der Waals surface area contributed by atoms with E-state index in [-0.39, 0.29) is 5.56 Å². The Morgan fingerprint density at radius 1 is 1.00 bits per heavy atom. The second-order valence-corrected chi connectivity index (χ2v) is 4.94. The summed E-state index contributed by atoms with van der Waals surface area (Å²) < 4.78 is 13.0. The fourth-order valence-corrected chi connectivity index (χ4v) is 2.61. The number of aliphatic carboxylic acids is 2. The van der Waals surface area contributed by atoms with E-state index in [1.165, 1.54) is 12.1 Å². The van der Waals surface area contributed by atoms with Gasteiger partial charge >= 0.3 is 11.9 Å². The number of carbonyl (C=O) groups excluding carboxylic acids is 2. The zero-order valence-corrected chi connectivity index (χ0v) is 11.4. The van der Waals surface area contributed by atoms with Gasteiger partial charge in [0, 0.05) is 13.0 Å². The van der Waals surface area contributed by atoms with Crippen LogP contribution in [0, 0.1) is 17.7 Å². The van der Waals surface area contributed by atoms with Crippen molar-refractivity contribution in [2.75, 3.05) is 7.05 Å². The number of amides is 2. The van der Waals surface area contributed by atoms with Crippen LogP contribution in [0.25, 0.3) is 0 Å². The Labute approximate surface area is 124 Å². The normalized spacial score (nSPS) is 25.2. The quantitative estimate of drug-likeness (QED) is 0.614. The number of likely N-dealkylation sites (tertiary alicyclic amines) is 1. The van der Waals surface area contributed by atoms with Crippen molar-refractivity contribution >= 4 is 23.8 Å². The van der Waals surface area contributed by atoms with Gasteiger partial charge in [-0.25, -0.2) is 4.39 Å². The molecule has 1 aromatic carbocycles. The van der Waals surface area contributed by atoms with E-state index < -0.39 is 47.3 Å². The number of benzene rings is 1. The van der Waals surface area contributed by atoms with Crippen molar-refractivity contribution in [1.29, 1.82) is 0 Å². The maximum absolute atomic E-state index is 13.0. The first-order valence-electron chi connectivity index (χ1n) is 6.28. The maximum atomic E-state index is 13.0. The summed E-state index contributed by atoms with van der Waals surface area (Å²) in [5, 5.41) is 18.5. The zero-order chi connectivity index (χ0) is 16.6. The molecule has 2 atom stereocenters. The first-order valence-corrected chi connectivity index (χ1v) is 6.28. The minimum atomic E-state index is -1.73. The largest absolute Gasteiger partial charge is 0.481 e. The molecule has 8 heteroatoms. The van der Waals surface area contributed by atoms with Crippen LogP contribution >= 0.6 is 0 Å². The van der Waals surface area contributed by atoms with E-state index in [2.05, 4.69) is 0 Å². The van der Waals surface area contributed by atoms with Crippen LogP contribution in [-0.4, -0.2) is 45.9 Å². The second-order valence-electron chi connectivity index (χ2n) is 4.94. The van der Waals surface area contributed by atoms with Crippen LogP contribution in [0.15, 0.2) is 24.3 Å². The van der Waals surface area contributed by atoms with Gasteiger partial charge in [-0.05, 0) is 17.7 Å². The van der Waals surface area contributed by atoms with Crippen molar-refractivity contribution in [2.45, 2.75) is 5.92 Å². The standard InChI is InChI=1S/C14H12FNO6/c1-16-11(17)9(13(19)20)8(10(12(16)18)14(21)22)6-2-4-7(15)5-3-6/h2-5,8-10H,1H3,(H,19,20)(H,21,22). The molecular weight excluding hydrogens is 297 g/mol. The Morgan fingerprint density at radius 2 is 1.41 bits per heavy atom. The third-order valence-electron chi connectivity index (χ3n) is 3.70. The van der Waals surface area contributed by atoms with Gasteiger partial charge < -0.3 is 10.2 Å². The molecule has 1 saturated heterocycles. The Balaban J connectivity index is 2.61. The highest BCUT2D eigenvalue weighted by molar-refractivity contribution is 6.13. The number of hydrogen-bond acceptors (Lipinski definition) is 4. The number of carboxylic acids is 2. The zero-order valence-electron chi connectivity index (χ0n) is 11.4. The molecule has 2 rings (SSSR count). The third kappa shape index (κ3) is 2.43. The van der Waals surface area contributed by atoms with E-state index in [1.807, 2.05) is 0 Å². The summed E-state index contributed by atoms with van der Waals surface area (Å²) in [6, 6.07) is 4.39. The molecule has 0 saturated carbocycles. The van der Waals surface area contributed by atoms with E-state index in [4.69, 9.17) is 0 Å². The van der Waals surface area contributed by atoms with Crippen LogP contribution < -0.4 is 0 Å². The molecule has 2 N–H and O–H groups in total. The van der Waals surface area contributed by atoms with Crippen LogP contribution in [0.4, 0.5) is 4.39 Å². The summed E-state index contributed by atoms with van der Waals surface area (Å²) in [5.74, 6) is -10.5. The van der Waals surface area contributed by atoms with Gasteiger partial charge in [-0.1, -0.05) is 12.1 Å². The highest BCUT2D eigenvalue weighted by Gasteiger charge is 2.53. The van der Waals surface area contributed by atoms with Crippen molar-refractivity contribution in [1.82, 2.24) is 4.90 Å². The first-order chi connectivity index (χ1) is 10.3. The highest BCUT2D eigenvalue weighted by atomic mass is 19.1. The molecule has 0 spiro atoms. The Morgan fingerprint density at radius 3 is 1.77 bits per heavy atom. The summed E-state index contributed by atoms with van der Waals surface area (Å²) in [6.07, 6.45) is 0. The average molecular weight is 309 g/mol. The first kappa shape index (κ1) is 15.6. The number of imide groups is 1. The van der Waals surface area contributed by atoms with Crippen molar-refractivity contribution in [2.24, 2.45) is 11.8 Å².